The first-order chi connectivity index (χ1) is 20.2. The lowest BCUT2D eigenvalue weighted by atomic mass is 9.99. The Morgan fingerprint density at radius 3 is 2.52 bits per heavy atom. The lowest BCUT2D eigenvalue weighted by Crippen LogP contribution is -2.42. The summed E-state index contributed by atoms with van der Waals surface area (Å²) in [5.74, 6) is -1.38. The highest BCUT2D eigenvalue weighted by Gasteiger charge is 2.44. The Morgan fingerprint density at radius 2 is 1.88 bits per heavy atom. The van der Waals surface area contributed by atoms with Crippen molar-refractivity contribution < 1.29 is 23.0 Å². The van der Waals surface area contributed by atoms with Crippen molar-refractivity contribution in [1.82, 2.24) is 29.8 Å². The smallest absolute Gasteiger partial charge is 0.320 e. The van der Waals surface area contributed by atoms with Crippen LogP contribution in [0.2, 0.25) is 0 Å². The molecule has 1 saturated heterocycles. The van der Waals surface area contributed by atoms with Crippen molar-refractivity contribution in [3.8, 4) is 16.9 Å². The number of aryl methyl sites for hydroxylation is 1. The minimum atomic E-state index is -0.946. The van der Waals surface area contributed by atoms with E-state index in [0.717, 1.165) is 22.9 Å². The molecule has 1 fully saturated rings. The normalized spacial score (nSPS) is 19.6. The van der Waals surface area contributed by atoms with Crippen molar-refractivity contribution >= 4 is 11.8 Å². The maximum Gasteiger partial charge on any atom is 0.320 e. The van der Waals surface area contributed by atoms with Gasteiger partial charge in [0.15, 0.2) is 11.6 Å². The third-order valence-electron chi connectivity index (χ3n) is 7.84. The van der Waals surface area contributed by atoms with E-state index in [1.54, 1.807) is 35.8 Å². The number of hydrogen-bond donors (Lipinski definition) is 2. The zero-order valence-electron chi connectivity index (χ0n) is 24.2. The van der Waals surface area contributed by atoms with Crippen LogP contribution in [0.3, 0.4) is 0 Å². The third-order valence-corrected chi connectivity index (χ3v) is 7.84. The van der Waals surface area contributed by atoms with Crippen LogP contribution >= 0.6 is 0 Å². The molecule has 1 aliphatic heterocycles. The van der Waals surface area contributed by atoms with Gasteiger partial charge in [0.2, 0.25) is 0 Å². The van der Waals surface area contributed by atoms with Gasteiger partial charge in [0, 0.05) is 44.6 Å². The summed E-state index contributed by atoms with van der Waals surface area (Å²) in [5.41, 5.74) is 3.58. The second-order valence-electron chi connectivity index (χ2n) is 10.5. The number of para-hydroxylation sites is 1. The summed E-state index contributed by atoms with van der Waals surface area (Å²) in [5, 5.41) is 15.2. The van der Waals surface area contributed by atoms with Gasteiger partial charge in [-0.25, -0.2) is 18.3 Å². The van der Waals surface area contributed by atoms with Crippen molar-refractivity contribution in [2.24, 2.45) is 7.05 Å². The van der Waals surface area contributed by atoms with Crippen LogP contribution in [0, 0.1) is 18.6 Å². The Morgan fingerprint density at radius 1 is 1.12 bits per heavy atom. The maximum atomic E-state index is 14.3. The summed E-state index contributed by atoms with van der Waals surface area (Å²) in [6.07, 6.45) is 3.78. The molecule has 4 aromatic rings. The van der Waals surface area contributed by atoms with Crippen LogP contribution < -0.4 is 10.6 Å². The van der Waals surface area contributed by atoms with Crippen LogP contribution in [0.5, 0.6) is 0 Å². The summed E-state index contributed by atoms with van der Waals surface area (Å²) in [6.45, 7) is 2.23. The second-order valence-corrected chi connectivity index (χ2v) is 10.5. The zero-order valence-corrected chi connectivity index (χ0v) is 24.2. The van der Waals surface area contributed by atoms with E-state index in [9.17, 15) is 13.6 Å². The standard InChI is InChI=1S/C30H35F2N7O3/c1-18-27(20-15-33-37(2)16-20)36-39(21-9-7-6-8-10-21)29(18)35-30(40)34-24-14-25(26(42-5)17-41-4)38(3)28(24)19-11-12-22(31)23(32)13-19/h6-13,15-16,24-26,28H,14,17H2,1-5H3,(H2,34,35,40)/t24-,25-,26?,28+/m1/s1. The number of anilines is 1. The molecular formula is C30H35F2N7O3. The van der Waals surface area contributed by atoms with E-state index in [-0.39, 0.29) is 12.1 Å². The number of methoxy groups -OCH3 is 2. The van der Waals surface area contributed by atoms with Crippen LogP contribution in [0.15, 0.2) is 60.9 Å². The largest absolute Gasteiger partial charge is 0.382 e. The molecule has 5 rings (SSSR count). The van der Waals surface area contributed by atoms with Crippen molar-refractivity contribution in [3.05, 3.63) is 83.7 Å². The molecule has 1 unspecified atom stereocenters. The number of likely N-dealkylation sites (tertiary alicyclic amines) is 1. The molecule has 0 aliphatic carbocycles. The third kappa shape index (κ3) is 5.78. The van der Waals surface area contributed by atoms with E-state index < -0.39 is 29.7 Å². The van der Waals surface area contributed by atoms with Crippen LogP contribution in [-0.4, -0.2) is 76.6 Å². The minimum Gasteiger partial charge on any atom is -0.382 e. The van der Waals surface area contributed by atoms with Gasteiger partial charge in [-0.2, -0.15) is 10.2 Å². The average Bonchev–Trinajstić information content (AvgIpc) is 3.64. The topological polar surface area (TPSA) is 98.5 Å². The van der Waals surface area contributed by atoms with Gasteiger partial charge in [-0.3, -0.25) is 14.9 Å². The van der Waals surface area contributed by atoms with E-state index in [4.69, 9.17) is 14.6 Å². The summed E-state index contributed by atoms with van der Waals surface area (Å²) in [4.78, 5) is 15.7. The predicted molar refractivity (Wildman–Crippen MR) is 154 cm³/mol. The molecule has 2 amide bonds. The Hall–Kier alpha value is -4.13. The van der Waals surface area contributed by atoms with Crippen molar-refractivity contribution in [2.45, 2.75) is 37.6 Å². The van der Waals surface area contributed by atoms with Gasteiger partial charge in [-0.1, -0.05) is 24.3 Å². The molecule has 12 heteroatoms. The fraction of sp³-hybridized carbons (Fsp3) is 0.367. The van der Waals surface area contributed by atoms with Crippen molar-refractivity contribution in [1.29, 1.82) is 0 Å². The highest BCUT2D eigenvalue weighted by molar-refractivity contribution is 5.91. The summed E-state index contributed by atoms with van der Waals surface area (Å²) >= 11 is 0. The fourth-order valence-electron chi connectivity index (χ4n) is 5.79. The van der Waals surface area contributed by atoms with Gasteiger partial charge < -0.3 is 14.8 Å². The number of halogens is 2. The molecule has 2 aromatic heterocycles. The molecule has 10 nitrogen and oxygen atoms in total. The molecule has 0 spiro atoms. The van der Waals surface area contributed by atoms with Crippen LogP contribution in [0.4, 0.5) is 19.4 Å². The number of nitrogens with one attached hydrogen (secondary N) is 2. The number of carbonyl (C=O) groups excluding carboxylic acids is 1. The molecule has 3 heterocycles. The first kappa shape index (κ1) is 29.4. The number of amides is 2. The number of likely N-dealkylation sites (N-methyl/N-ethyl adjacent to an activating group) is 1. The van der Waals surface area contributed by atoms with E-state index in [1.807, 2.05) is 62.4 Å². The predicted octanol–water partition coefficient (Wildman–Crippen LogP) is 4.46. The highest BCUT2D eigenvalue weighted by atomic mass is 19.2. The Balaban J connectivity index is 1.46. The van der Waals surface area contributed by atoms with Crippen LogP contribution in [0.1, 0.15) is 23.6 Å². The van der Waals surface area contributed by atoms with Crippen LogP contribution in [0.25, 0.3) is 16.9 Å². The number of urea groups is 1. The maximum absolute atomic E-state index is 14.3. The monoisotopic (exact) mass is 579 g/mol. The lowest BCUT2D eigenvalue weighted by molar-refractivity contribution is -0.0192. The first-order valence-electron chi connectivity index (χ1n) is 13.6. The molecule has 2 aromatic carbocycles. The molecule has 222 valence electrons. The first-order valence-corrected chi connectivity index (χ1v) is 13.6. The number of nitrogens with zero attached hydrogens (tertiary/aromatic N) is 5. The number of carbonyl (C=O) groups is 1. The minimum absolute atomic E-state index is 0.160. The Bertz CT molecular complexity index is 1540. The Kier molecular flexibility index (Phi) is 8.66. The molecular weight excluding hydrogens is 544 g/mol. The number of benzene rings is 2. The quantitative estimate of drug-likeness (QED) is 0.304. The average molecular weight is 580 g/mol. The summed E-state index contributed by atoms with van der Waals surface area (Å²) in [7, 11) is 6.90. The van der Waals surface area contributed by atoms with Crippen molar-refractivity contribution in [3.63, 3.8) is 0 Å². The molecule has 0 bridgehead atoms. The Labute approximate surface area is 243 Å². The van der Waals surface area contributed by atoms with E-state index in [1.165, 1.54) is 6.07 Å². The van der Waals surface area contributed by atoms with E-state index >= 15 is 0 Å². The highest BCUT2D eigenvalue weighted by Crippen LogP contribution is 2.38. The van der Waals surface area contributed by atoms with Crippen LogP contribution in [-0.2, 0) is 16.5 Å². The second kappa shape index (κ2) is 12.4. The van der Waals surface area contributed by atoms with Crippen molar-refractivity contribution in [2.75, 3.05) is 33.2 Å². The number of aromatic nitrogens is 4. The van der Waals surface area contributed by atoms with E-state index in [2.05, 4.69) is 15.7 Å². The van der Waals surface area contributed by atoms with Gasteiger partial charge in [0.1, 0.15) is 11.5 Å². The molecule has 4 atom stereocenters. The number of rotatable bonds is 9. The van der Waals surface area contributed by atoms with Gasteiger partial charge in [-0.15, -0.1) is 0 Å². The van der Waals surface area contributed by atoms with Gasteiger partial charge in [0.25, 0.3) is 0 Å². The fourth-order valence-corrected chi connectivity index (χ4v) is 5.79. The molecule has 2 N–H and O–H groups in total. The van der Waals surface area contributed by atoms with Gasteiger partial charge in [0.05, 0.1) is 36.7 Å². The number of hydrogen-bond acceptors (Lipinski definition) is 6. The van der Waals surface area contributed by atoms with E-state index in [0.29, 0.717) is 30.1 Å². The van der Waals surface area contributed by atoms with Gasteiger partial charge >= 0.3 is 6.03 Å². The zero-order chi connectivity index (χ0) is 30.0. The summed E-state index contributed by atoms with van der Waals surface area (Å²) < 4.78 is 42.6. The molecule has 0 radical (unpaired) electrons. The lowest BCUT2D eigenvalue weighted by Gasteiger charge is -2.31. The molecule has 0 saturated carbocycles. The molecule has 42 heavy (non-hydrogen) atoms. The number of ether oxygens (including phenoxy) is 2. The van der Waals surface area contributed by atoms with Gasteiger partial charge in [-0.05, 0) is 50.2 Å². The summed E-state index contributed by atoms with van der Waals surface area (Å²) in [6, 6.07) is 11.8. The SMILES string of the molecule is COCC(OC)[C@H]1C[C@@H](NC(=O)Nc2c(C)c(-c3cnn(C)c3)nn2-c2ccccc2)[C@H](c2ccc(F)c(F)c2)N1C. The molecule has 1 aliphatic rings.